The number of nitrogens with zero attached hydrogens (tertiary/aromatic N) is 3. The number of hydrogen-bond donors (Lipinski definition) is 4. The number of fused-ring (bicyclic) bond motifs is 1. The van der Waals surface area contributed by atoms with Crippen LogP contribution in [-0.4, -0.2) is 60.5 Å². The average Bonchev–Trinajstić information content (AvgIpc) is 2.77. The molecule has 0 aliphatic carbocycles. The number of ether oxygens (including phenoxy) is 1. The summed E-state index contributed by atoms with van der Waals surface area (Å²) in [7, 11) is 0. The Labute approximate surface area is 141 Å². The predicted molar refractivity (Wildman–Crippen MR) is 87.6 cm³/mol. The normalized spacial score (nSPS) is 30.1. The molecule has 5 N–H and O–H groups in total. The summed E-state index contributed by atoms with van der Waals surface area (Å²) in [5.74, 6) is 0.190. The van der Waals surface area contributed by atoms with E-state index in [2.05, 4.69) is 9.97 Å². The van der Waals surface area contributed by atoms with Gasteiger partial charge in [0.1, 0.15) is 23.6 Å². The van der Waals surface area contributed by atoms with Gasteiger partial charge in [-0.25, -0.2) is 9.97 Å². The van der Waals surface area contributed by atoms with E-state index in [9.17, 15) is 20.1 Å². The Hall–Kier alpha value is -1.72. The van der Waals surface area contributed by atoms with Crippen molar-refractivity contribution in [1.82, 2.24) is 14.5 Å². The summed E-state index contributed by atoms with van der Waals surface area (Å²) in [5, 5.41) is 30.9. The number of thioether (sulfide) groups is 1. The summed E-state index contributed by atoms with van der Waals surface area (Å²) in [6.07, 6.45) is -1.86. The van der Waals surface area contributed by atoms with Crippen LogP contribution < -0.4 is 11.3 Å². The Morgan fingerprint density at radius 2 is 2.17 bits per heavy atom. The second-order valence-corrected chi connectivity index (χ2v) is 6.53. The fourth-order valence-electron chi connectivity index (χ4n) is 2.82. The van der Waals surface area contributed by atoms with Gasteiger partial charge >= 0.3 is 0 Å². The molecule has 4 atom stereocenters. The molecule has 2 aromatic rings. The summed E-state index contributed by atoms with van der Waals surface area (Å²) in [5.41, 5.74) is 3.83. The molecule has 3 rings (SSSR count). The molecule has 1 saturated heterocycles. The van der Waals surface area contributed by atoms with Gasteiger partial charge in [0.15, 0.2) is 17.0 Å². The van der Waals surface area contributed by atoms with Gasteiger partial charge in [0, 0.05) is 6.07 Å². The van der Waals surface area contributed by atoms with Gasteiger partial charge in [-0.15, -0.1) is 0 Å². The highest BCUT2D eigenvalue weighted by Gasteiger charge is 2.53. The van der Waals surface area contributed by atoms with Gasteiger partial charge in [-0.1, -0.05) is 11.8 Å². The van der Waals surface area contributed by atoms with Gasteiger partial charge in [-0.2, -0.15) is 0 Å². The molecule has 1 aliphatic heterocycles. The fraction of sp³-hybridized carbons (Fsp3) is 0.500. The highest BCUT2D eigenvalue weighted by atomic mass is 32.2. The SMILES string of the molecule is CSc1nc(N)c2ccc(=O)n(C3OC(CO)[C@@H](O)[C@@]3(C)O)c2n1. The zero-order chi connectivity index (χ0) is 17.6. The van der Waals surface area contributed by atoms with Crippen LogP contribution in [0.4, 0.5) is 5.82 Å². The third-order valence-corrected chi connectivity index (χ3v) is 4.69. The highest BCUT2D eigenvalue weighted by Crippen LogP contribution is 2.38. The fourth-order valence-corrected chi connectivity index (χ4v) is 3.19. The van der Waals surface area contributed by atoms with Gasteiger partial charge in [0.05, 0.1) is 12.0 Å². The molecule has 1 aliphatic rings. The second kappa shape index (κ2) is 5.97. The molecule has 0 amide bonds. The smallest absolute Gasteiger partial charge is 0.254 e. The summed E-state index contributed by atoms with van der Waals surface area (Å²) >= 11 is 1.25. The number of aliphatic hydroxyl groups excluding tert-OH is 2. The largest absolute Gasteiger partial charge is 0.394 e. The number of pyridine rings is 1. The Balaban J connectivity index is 2.28. The van der Waals surface area contributed by atoms with E-state index in [4.69, 9.17) is 10.5 Å². The lowest BCUT2D eigenvalue weighted by Gasteiger charge is -2.28. The van der Waals surface area contributed by atoms with Crippen LogP contribution in [0.3, 0.4) is 0 Å². The minimum absolute atomic E-state index is 0.190. The first-order chi connectivity index (χ1) is 11.3. The maximum atomic E-state index is 12.4. The molecule has 130 valence electrons. The lowest BCUT2D eigenvalue weighted by atomic mass is 9.96. The number of aliphatic hydroxyl groups is 3. The van der Waals surface area contributed by atoms with E-state index in [1.54, 1.807) is 6.26 Å². The molecule has 2 unspecified atom stereocenters. The molecule has 0 spiro atoms. The molecule has 0 saturated carbocycles. The van der Waals surface area contributed by atoms with Gasteiger partial charge in [0.2, 0.25) is 0 Å². The van der Waals surface area contributed by atoms with Gasteiger partial charge in [-0.05, 0) is 19.2 Å². The lowest BCUT2D eigenvalue weighted by molar-refractivity contribution is -0.0963. The number of nitrogens with two attached hydrogens (primary N) is 1. The molecule has 3 heterocycles. The Morgan fingerprint density at radius 3 is 2.75 bits per heavy atom. The first-order valence-electron chi connectivity index (χ1n) is 7.20. The van der Waals surface area contributed by atoms with Crippen LogP contribution in [0.15, 0.2) is 22.1 Å². The van der Waals surface area contributed by atoms with E-state index in [-0.39, 0.29) is 11.5 Å². The second-order valence-electron chi connectivity index (χ2n) is 5.75. The van der Waals surface area contributed by atoms with Crippen LogP contribution in [0, 0.1) is 0 Å². The zero-order valence-corrected chi connectivity index (χ0v) is 13.9. The standard InChI is InChI=1S/C14H18N4O5S/c1-14(22)9(21)7(5-19)23-12(14)18-8(20)4-3-6-10(15)16-13(24-2)17-11(6)18/h3-4,7,9,12,19,21-22H,5H2,1-2H3,(H2,15,16,17)/t7?,9-,12?,14-/m1/s1. The predicted octanol–water partition coefficient (Wildman–Crippen LogP) is -0.903. The van der Waals surface area contributed by atoms with Crippen molar-refractivity contribution in [3.8, 4) is 0 Å². The van der Waals surface area contributed by atoms with E-state index >= 15 is 0 Å². The maximum absolute atomic E-state index is 12.4. The van der Waals surface area contributed by atoms with Crippen molar-refractivity contribution in [1.29, 1.82) is 0 Å². The molecule has 9 nitrogen and oxygen atoms in total. The van der Waals surface area contributed by atoms with Crippen molar-refractivity contribution in [3.05, 3.63) is 22.5 Å². The average molecular weight is 354 g/mol. The van der Waals surface area contributed by atoms with Crippen LogP contribution in [0.5, 0.6) is 0 Å². The third-order valence-electron chi connectivity index (χ3n) is 4.14. The van der Waals surface area contributed by atoms with Crippen molar-refractivity contribution in [2.75, 3.05) is 18.6 Å². The number of anilines is 1. The van der Waals surface area contributed by atoms with Crippen LogP contribution in [0.25, 0.3) is 11.0 Å². The van der Waals surface area contributed by atoms with Crippen LogP contribution >= 0.6 is 11.8 Å². The van der Waals surface area contributed by atoms with Crippen molar-refractivity contribution in [2.24, 2.45) is 0 Å². The Kier molecular flexibility index (Phi) is 4.26. The first kappa shape index (κ1) is 17.1. The van der Waals surface area contributed by atoms with Crippen molar-refractivity contribution >= 4 is 28.6 Å². The summed E-state index contributed by atoms with van der Waals surface area (Å²) in [4.78, 5) is 20.9. The Bertz CT molecular complexity index is 840. The minimum Gasteiger partial charge on any atom is -0.394 e. The molecular formula is C14H18N4O5S. The Morgan fingerprint density at radius 1 is 1.46 bits per heavy atom. The first-order valence-corrected chi connectivity index (χ1v) is 8.43. The van der Waals surface area contributed by atoms with E-state index < -0.39 is 36.2 Å². The molecule has 0 aromatic carbocycles. The molecular weight excluding hydrogens is 336 g/mol. The van der Waals surface area contributed by atoms with E-state index in [1.165, 1.54) is 30.8 Å². The number of hydrogen-bond acceptors (Lipinski definition) is 9. The maximum Gasteiger partial charge on any atom is 0.254 e. The van der Waals surface area contributed by atoms with E-state index in [0.29, 0.717) is 10.5 Å². The van der Waals surface area contributed by atoms with Crippen LogP contribution in [0.1, 0.15) is 13.2 Å². The molecule has 24 heavy (non-hydrogen) atoms. The summed E-state index contributed by atoms with van der Waals surface area (Å²) in [6, 6.07) is 2.76. The molecule has 2 aromatic heterocycles. The molecule has 10 heteroatoms. The van der Waals surface area contributed by atoms with Gasteiger partial charge < -0.3 is 25.8 Å². The lowest BCUT2D eigenvalue weighted by Crippen LogP contribution is -2.46. The van der Waals surface area contributed by atoms with Crippen LogP contribution in [-0.2, 0) is 4.74 Å². The number of rotatable bonds is 3. The van der Waals surface area contributed by atoms with Gasteiger partial charge in [-0.3, -0.25) is 9.36 Å². The van der Waals surface area contributed by atoms with E-state index in [0.717, 1.165) is 4.57 Å². The molecule has 0 radical (unpaired) electrons. The van der Waals surface area contributed by atoms with E-state index in [1.807, 2.05) is 0 Å². The van der Waals surface area contributed by atoms with Gasteiger partial charge in [0.25, 0.3) is 5.56 Å². The minimum atomic E-state index is -1.80. The highest BCUT2D eigenvalue weighted by molar-refractivity contribution is 7.98. The summed E-state index contributed by atoms with van der Waals surface area (Å²) < 4.78 is 6.66. The quantitative estimate of drug-likeness (QED) is 0.407. The van der Waals surface area contributed by atoms with Crippen molar-refractivity contribution in [3.63, 3.8) is 0 Å². The number of aromatic nitrogens is 3. The third kappa shape index (κ3) is 2.47. The van der Waals surface area contributed by atoms with Crippen LogP contribution in [0.2, 0.25) is 0 Å². The monoisotopic (exact) mass is 354 g/mol. The summed E-state index contributed by atoms with van der Waals surface area (Å²) in [6.45, 7) is 0.837. The van der Waals surface area contributed by atoms with Crippen molar-refractivity contribution in [2.45, 2.75) is 36.1 Å². The zero-order valence-electron chi connectivity index (χ0n) is 13.1. The molecule has 1 fully saturated rings. The topological polar surface area (TPSA) is 144 Å². The molecule has 0 bridgehead atoms. The number of nitrogen functional groups attached to an aromatic ring is 1. The van der Waals surface area contributed by atoms with Crippen molar-refractivity contribution < 1.29 is 20.1 Å².